The third-order valence-electron chi connectivity index (χ3n) is 1.00. The van der Waals surface area contributed by atoms with E-state index >= 15 is 0 Å². The lowest BCUT2D eigenvalue weighted by Crippen LogP contribution is -2.04. The van der Waals surface area contributed by atoms with Crippen LogP contribution in [0.15, 0.2) is 12.3 Å². The molecule has 0 aliphatic heterocycles. The molecule has 0 aromatic carbocycles. The van der Waals surface area contributed by atoms with Crippen LogP contribution in [0.25, 0.3) is 0 Å². The predicted molar refractivity (Wildman–Crippen MR) is 43.5 cm³/mol. The number of nitrogens with zero attached hydrogens (tertiary/aromatic N) is 1. The quantitative estimate of drug-likeness (QED) is 0.616. The van der Waals surface area contributed by atoms with E-state index in [1.54, 1.807) is 22.6 Å². The standard InChI is InChI=1S/C6H3F3INO/c7-3-2-11-5(10)1-4(3)12-6(8)9/h1-2,6H. The Kier molecular flexibility index (Phi) is 3.12. The fourth-order valence-corrected chi connectivity index (χ4v) is 1.00. The maximum absolute atomic E-state index is 12.6. The molecule has 1 heterocycles. The summed E-state index contributed by atoms with van der Waals surface area (Å²) >= 11 is 1.77. The minimum Gasteiger partial charge on any atom is -0.432 e. The van der Waals surface area contributed by atoms with Crippen LogP contribution >= 0.6 is 22.6 Å². The molecule has 0 bridgehead atoms. The van der Waals surface area contributed by atoms with Gasteiger partial charge < -0.3 is 4.74 Å². The Morgan fingerprint density at radius 2 is 2.17 bits per heavy atom. The van der Waals surface area contributed by atoms with Gasteiger partial charge in [0.1, 0.15) is 3.70 Å². The lowest BCUT2D eigenvalue weighted by atomic mass is 10.4. The van der Waals surface area contributed by atoms with E-state index in [4.69, 9.17) is 0 Å². The number of alkyl halides is 2. The molecule has 2 nitrogen and oxygen atoms in total. The Hall–Kier alpha value is -0.530. The second-order valence-corrected chi connectivity index (χ2v) is 2.92. The topological polar surface area (TPSA) is 22.1 Å². The van der Waals surface area contributed by atoms with Crippen molar-refractivity contribution in [1.82, 2.24) is 4.98 Å². The van der Waals surface area contributed by atoms with Crippen LogP contribution in [0.5, 0.6) is 5.75 Å². The van der Waals surface area contributed by atoms with E-state index in [1.807, 2.05) is 0 Å². The van der Waals surface area contributed by atoms with Gasteiger partial charge in [-0.1, -0.05) is 0 Å². The maximum Gasteiger partial charge on any atom is 0.387 e. The molecular formula is C6H3F3INO. The zero-order valence-corrected chi connectivity index (χ0v) is 7.76. The summed E-state index contributed by atoms with van der Waals surface area (Å²) in [6.07, 6.45) is 0.833. The molecule has 0 saturated carbocycles. The van der Waals surface area contributed by atoms with Crippen LogP contribution in [0.4, 0.5) is 13.2 Å². The molecule has 66 valence electrons. The third kappa shape index (κ3) is 2.50. The second kappa shape index (κ2) is 3.92. The van der Waals surface area contributed by atoms with Crippen LogP contribution in [-0.2, 0) is 0 Å². The van der Waals surface area contributed by atoms with Crippen LogP contribution in [-0.4, -0.2) is 11.6 Å². The first-order valence-corrected chi connectivity index (χ1v) is 3.93. The van der Waals surface area contributed by atoms with Gasteiger partial charge in [0.05, 0.1) is 6.20 Å². The van der Waals surface area contributed by atoms with Crippen molar-refractivity contribution in [2.24, 2.45) is 0 Å². The number of halogens is 4. The number of hydrogen-bond acceptors (Lipinski definition) is 2. The summed E-state index contributed by atoms with van der Waals surface area (Å²) < 4.78 is 40.1. The minimum absolute atomic E-state index is 0.393. The first-order chi connectivity index (χ1) is 5.59. The van der Waals surface area contributed by atoms with E-state index in [1.165, 1.54) is 0 Å². The molecule has 0 unspecified atom stereocenters. The van der Waals surface area contributed by atoms with Crippen LogP contribution < -0.4 is 4.74 Å². The highest BCUT2D eigenvalue weighted by molar-refractivity contribution is 14.1. The lowest BCUT2D eigenvalue weighted by molar-refractivity contribution is -0.0523. The van der Waals surface area contributed by atoms with Gasteiger partial charge in [0.25, 0.3) is 0 Å². The average molecular weight is 289 g/mol. The molecule has 0 amide bonds. The van der Waals surface area contributed by atoms with Gasteiger partial charge in [-0.15, -0.1) is 0 Å². The number of ether oxygens (including phenoxy) is 1. The molecule has 1 aromatic rings. The van der Waals surface area contributed by atoms with Crippen molar-refractivity contribution in [3.63, 3.8) is 0 Å². The van der Waals surface area contributed by atoms with Crippen molar-refractivity contribution in [1.29, 1.82) is 0 Å². The van der Waals surface area contributed by atoms with E-state index in [-0.39, 0.29) is 0 Å². The van der Waals surface area contributed by atoms with E-state index in [0.717, 1.165) is 12.3 Å². The van der Waals surface area contributed by atoms with E-state index in [9.17, 15) is 13.2 Å². The Morgan fingerprint density at radius 1 is 1.50 bits per heavy atom. The van der Waals surface area contributed by atoms with Crippen molar-refractivity contribution in [2.75, 3.05) is 0 Å². The van der Waals surface area contributed by atoms with Gasteiger partial charge in [-0.25, -0.2) is 9.37 Å². The molecule has 0 aliphatic carbocycles. The van der Waals surface area contributed by atoms with Gasteiger partial charge >= 0.3 is 6.61 Å². The van der Waals surface area contributed by atoms with E-state index < -0.39 is 18.2 Å². The van der Waals surface area contributed by atoms with Gasteiger partial charge in [-0.2, -0.15) is 8.78 Å². The molecule has 0 saturated heterocycles. The fraction of sp³-hybridized carbons (Fsp3) is 0.167. The fourth-order valence-electron chi connectivity index (χ4n) is 0.583. The zero-order valence-electron chi connectivity index (χ0n) is 5.60. The van der Waals surface area contributed by atoms with Crippen LogP contribution in [0.3, 0.4) is 0 Å². The molecule has 1 rings (SSSR count). The van der Waals surface area contributed by atoms with Crippen LogP contribution in [0, 0.1) is 9.52 Å². The normalized spacial score (nSPS) is 10.4. The SMILES string of the molecule is Fc1cnc(I)cc1OC(F)F. The summed E-state index contributed by atoms with van der Waals surface area (Å²) in [7, 11) is 0. The summed E-state index contributed by atoms with van der Waals surface area (Å²) in [6, 6.07) is 1.10. The first kappa shape index (κ1) is 9.56. The Balaban J connectivity index is 2.90. The van der Waals surface area contributed by atoms with Crippen LogP contribution in [0.1, 0.15) is 0 Å². The molecule has 0 fully saturated rings. The summed E-state index contributed by atoms with van der Waals surface area (Å²) in [5.41, 5.74) is 0. The number of rotatable bonds is 2. The number of aromatic nitrogens is 1. The van der Waals surface area contributed by atoms with Gasteiger partial charge in [-0.05, 0) is 22.6 Å². The van der Waals surface area contributed by atoms with Gasteiger partial charge in [-0.3, -0.25) is 0 Å². The Morgan fingerprint density at radius 3 is 2.75 bits per heavy atom. The highest BCUT2D eigenvalue weighted by Gasteiger charge is 2.10. The largest absolute Gasteiger partial charge is 0.432 e. The highest BCUT2D eigenvalue weighted by atomic mass is 127. The predicted octanol–water partition coefficient (Wildman–Crippen LogP) is 2.43. The molecule has 6 heteroatoms. The lowest BCUT2D eigenvalue weighted by Gasteiger charge is -2.04. The number of pyridine rings is 1. The Bertz CT molecular complexity index is 281. The van der Waals surface area contributed by atoms with Gasteiger partial charge in [0, 0.05) is 6.07 Å². The number of hydrogen-bond donors (Lipinski definition) is 0. The smallest absolute Gasteiger partial charge is 0.387 e. The second-order valence-electron chi connectivity index (χ2n) is 1.82. The monoisotopic (exact) mass is 289 g/mol. The van der Waals surface area contributed by atoms with E-state index in [2.05, 4.69) is 9.72 Å². The van der Waals surface area contributed by atoms with Gasteiger partial charge in [0.2, 0.25) is 0 Å². The van der Waals surface area contributed by atoms with Crippen molar-refractivity contribution in [2.45, 2.75) is 6.61 Å². The Labute approximate surface area is 79.9 Å². The van der Waals surface area contributed by atoms with Crippen molar-refractivity contribution < 1.29 is 17.9 Å². The molecule has 12 heavy (non-hydrogen) atoms. The highest BCUT2D eigenvalue weighted by Crippen LogP contribution is 2.19. The minimum atomic E-state index is -3.02. The summed E-state index contributed by atoms with van der Waals surface area (Å²) in [5.74, 6) is -1.37. The van der Waals surface area contributed by atoms with Crippen LogP contribution in [0.2, 0.25) is 0 Å². The zero-order chi connectivity index (χ0) is 9.14. The first-order valence-electron chi connectivity index (χ1n) is 2.85. The van der Waals surface area contributed by atoms with Gasteiger partial charge in [0.15, 0.2) is 11.6 Å². The third-order valence-corrected chi connectivity index (χ3v) is 1.59. The summed E-state index contributed by atoms with van der Waals surface area (Å²) in [6.45, 7) is -3.02. The van der Waals surface area contributed by atoms with Crippen molar-refractivity contribution in [3.05, 3.63) is 21.8 Å². The summed E-state index contributed by atoms with van der Waals surface area (Å²) in [5, 5.41) is 0. The van der Waals surface area contributed by atoms with Crippen molar-refractivity contribution >= 4 is 22.6 Å². The van der Waals surface area contributed by atoms with E-state index in [0.29, 0.717) is 3.70 Å². The molecule has 0 atom stereocenters. The molecule has 0 aliphatic rings. The maximum atomic E-state index is 12.6. The molecule has 0 radical (unpaired) electrons. The average Bonchev–Trinajstić information content (AvgIpc) is 1.96. The van der Waals surface area contributed by atoms with Crippen molar-refractivity contribution in [3.8, 4) is 5.75 Å². The molecule has 0 N–H and O–H groups in total. The molecule has 0 spiro atoms. The molecular weight excluding hydrogens is 286 g/mol. The summed E-state index contributed by atoms with van der Waals surface area (Å²) in [4.78, 5) is 3.53. The molecule has 1 aromatic heterocycles.